The summed E-state index contributed by atoms with van der Waals surface area (Å²) in [6, 6.07) is 0. The van der Waals surface area contributed by atoms with Gasteiger partial charge < -0.3 is 10.6 Å². The monoisotopic (exact) mass is 214 g/mol. The first-order chi connectivity index (χ1) is 6.85. The largest absolute Gasteiger partial charge is 0.354 e. The molecular formula is C11H22N2O2. The number of nitrogens with one attached hydrogen (secondary N) is 2. The van der Waals surface area contributed by atoms with Crippen LogP contribution in [-0.2, 0) is 9.59 Å². The highest BCUT2D eigenvalue weighted by Gasteiger charge is 2.15. The summed E-state index contributed by atoms with van der Waals surface area (Å²) in [5.74, 6) is 0.0494. The highest BCUT2D eigenvalue weighted by atomic mass is 16.2. The zero-order valence-electron chi connectivity index (χ0n) is 10.1. The molecule has 4 heteroatoms. The van der Waals surface area contributed by atoms with Crippen molar-refractivity contribution in [1.82, 2.24) is 10.6 Å². The second kappa shape index (κ2) is 6.43. The molecule has 0 aliphatic carbocycles. The molecule has 15 heavy (non-hydrogen) atoms. The van der Waals surface area contributed by atoms with Crippen molar-refractivity contribution in [3.05, 3.63) is 0 Å². The van der Waals surface area contributed by atoms with Crippen LogP contribution < -0.4 is 10.6 Å². The maximum Gasteiger partial charge on any atom is 0.220 e. The van der Waals surface area contributed by atoms with E-state index in [0.29, 0.717) is 25.9 Å². The van der Waals surface area contributed by atoms with Gasteiger partial charge >= 0.3 is 0 Å². The Balaban J connectivity index is 3.52. The minimum Gasteiger partial charge on any atom is -0.354 e. The molecular weight excluding hydrogens is 192 g/mol. The van der Waals surface area contributed by atoms with E-state index in [1.807, 2.05) is 20.8 Å². The van der Waals surface area contributed by atoms with Crippen LogP contribution in [0.4, 0.5) is 0 Å². The molecule has 2 amide bonds. The van der Waals surface area contributed by atoms with E-state index in [2.05, 4.69) is 10.6 Å². The highest BCUT2D eigenvalue weighted by molar-refractivity contribution is 5.77. The van der Waals surface area contributed by atoms with Gasteiger partial charge in [-0.15, -0.1) is 0 Å². The number of hydrogen-bond donors (Lipinski definition) is 2. The summed E-state index contributed by atoms with van der Waals surface area (Å²) in [5, 5.41) is 5.46. The lowest BCUT2D eigenvalue weighted by Gasteiger charge is -2.17. The van der Waals surface area contributed by atoms with E-state index in [1.165, 1.54) is 0 Å². The molecule has 0 atom stereocenters. The molecule has 2 N–H and O–H groups in total. The first kappa shape index (κ1) is 13.9. The Morgan fingerprint density at radius 2 is 1.47 bits per heavy atom. The van der Waals surface area contributed by atoms with Gasteiger partial charge in [-0.3, -0.25) is 9.59 Å². The van der Waals surface area contributed by atoms with Crippen LogP contribution >= 0.6 is 0 Å². The fourth-order valence-corrected chi connectivity index (χ4v) is 1.07. The Labute approximate surface area is 91.8 Å². The molecule has 0 saturated heterocycles. The van der Waals surface area contributed by atoms with Gasteiger partial charge in [-0.05, 0) is 5.41 Å². The molecule has 0 spiro atoms. The SMILES string of the molecule is CCC(=O)NCCNC(=O)CC(C)(C)C. The van der Waals surface area contributed by atoms with Crippen molar-refractivity contribution >= 4 is 11.8 Å². The molecule has 0 fully saturated rings. The summed E-state index contributed by atoms with van der Waals surface area (Å²) in [5.41, 5.74) is 0.0107. The smallest absolute Gasteiger partial charge is 0.220 e. The summed E-state index contributed by atoms with van der Waals surface area (Å²) < 4.78 is 0. The predicted octanol–water partition coefficient (Wildman–Crippen LogP) is 1.06. The van der Waals surface area contributed by atoms with Crippen LogP contribution in [0.3, 0.4) is 0 Å². The topological polar surface area (TPSA) is 58.2 Å². The van der Waals surface area contributed by atoms with Crippen molar-refractivity contribution in [3.8, 4) is 0 Å². The molecule has 0 aromatic carbocycles. The first-order valence-corrected chi connectivity index (χ1v) is 5.38. The van der Waals surface area contributed by atoms with Crippen molar-refractivity contribution in [2.75, 3.05) is 13.1 Å². The average molecular weight is 214 g/mol. The fraction of sp³-hybridized carbons (Fsp3) is 0.818. The van der Waals surface area contributed by atoms with E-state index < -0.39 is 0 Å². The van der Waals surface area contributed by atoms with Crippen LogP contribution in [0.15, 0.2) is 0 Å². The van der Waals surface area contributed by atoms with E-state index in [9.17, 15) is 9.59 Å². The Kier molecular flexibility index (Phi) is 5.97. The molecule has 0 aliphatic heterocycles. The van der Waals surface area contributed by atoms with Crippen molar-refractivity contribution in [2.24, 2.45) is 5.41 Å². The predicted molar refractivity (Wildman–Crippen MR) is 60.4 cm³/mol. The maximum absolute atomic E-state index is 11.3. The van der Waals surface area contributed by atoms with Crippen molar-refractivity contribution in [1.29, 1.82) is 0 Å². The number of amides is 2. The number of hydrogen-bond acceptors (Lipinski definition) is 2. The first-order valence-electron chi connectivity index (χ1n) is 5.38. The van der Waals surface area contributed by atoms with Crippen LogP contribution in [0.2, 0.25) is 0 Å². The minimum atomic E-state index is 0.0107. The second-order valence-corrected chi connectivity index (χ2v) is 4.79. The Bertz CT molecular complexity index is 219. The van der Waals surface area contributed by atoms with E-state index in [4.69, 9.17) is 0 Å². The van der Waals surface area contributed by atoms with Crippen molar-refractivity contribution in [3.63, 3.8) is 0 Å². The molecule has 0 bridgehead atoms. The minimum absolute atomic E-state index is 0.0107. The summed E-state index contributed by atoms with van der Waals surface area (Å²) in [7, 11) is 0. The summed E-state index contributed by atoms with van der Waals surface area (Å²) in [4.78, 5) is 22.2. The van der Waals surface area contributed by atoms with Gasteiger partial charge in [-0.2, -0.15) is 0 Å². The maximum atomic E-state index is 11.3. The number of carbonyl (C=O) groups excluding carboxylic acids is 2. The lowest BCUT2D eigenvalue weighted by atomic mass is 9.92. The van der Waals surface area contributed by atoms with Crippen molar-refractivity contribution in [2.45, 2.75) is 40.5 Å². The Morgan fingerprint density at radius 1 is 1.00 bits per heavy atom. The van der Waals surface area contributed by atoms with Crippen LogP contribution in [0.1, 0.15) is 40.5 Å². The van der Waals surface area contributed by atoms with Gasteiger partial charge in [0.2, 0.25) is 11.8 Å². The third-order valence-corrected chi connectivity index (χ3v) is 1.78. The van der Waals surface area contributed by atoms with E-state index in [-0.39, 0.29) is 17.2 Å². The van der Waals surface area contributed by atoms with Gasteiger partial charge in [0.05, 0.1) is 0 Å². The fourth-order valence-electron chi connectivity index (χ4n) is 1.07. The van der Waals surface area contributed by atoms with Gasteiger partial charge in [-0.1, -0.05) is 27.7 Å². The van der Waals surface area contributed by atoms with E-state index in [0.717, 1.165) is 0 Å². The molecule has 0 rings (SSSR count). The van der Waals surface area contributed by atoms with E-state index >= 15 is 0 Å². The van der Waals surface area contributed by atoms with Gasteiger partial charge in [0.25, 0.3) is 0 Å². The van der Waals surface area contributed by atoms with Gasteiger partial charge in [0, 0.05) is 25.9 Å². The van der Waals surface area contributed by atoms with Crippen molar-refractivity contribution < 1.29 is 9.59 Å². The standard InChI is InChI=1S/C11H22N2O2/c1-5-9(14)12-6-7-13-10(15)8-11(2,3)4/h5-8H2,1-4H3,(H,12,14)(H,13,15). The summed E-state index contributed by atoms with van der Waals surface area (Å²) in [6.45, 7) is 8.86. The molecule has 88 valence electrons. The van der Waals surface area contributed by atoms with Crippen LogP contribution in [0.25, 0.3) is 0 Å². The van der Waals surface area contributed by atoms with Crippen LogP contribution in [0, 0.1) is 5.41 Å². The zero-order chi connectivity index (χ0) is 11.9. The molecule has 0 aromatic rings. The lowest BCUT2D eigenvalue weighted by Crippen LogP contribution is -2.35. The highest BCUT2D eigenvalue weighted by Crippen LogP contribution is 2.17. The molecule has 4 nitrogen and oxygen atoms in total. The summed E-state index contributed by atoms with van der Waals surface area (Å²) in [6.07, 6.45) is 0.991. The molecule has 0 aliphatic rings. The third-order valence-electron chi connectivity index (χ3n) is 1.78. The molecule has 0 radical (unpaired) electrons. The van der Waals surface area contributed by atoms with Gasteiger partial charge in [0.15, 0.2) is 0 Å². The normalized spacial score (nSPS) is 10.9. The van der Waals surface area contributed by atoms with Gasteiger partial charge in [-0.25, -0.2) is 0 Å². The Hall–Kier alpha value is -1.06. The zero-order valence-corrected chi connectivity index (χ0v) is 10.1. The molecule has 0 aromatic heterocycles. The quantitative estimate of drug-likeness (QED) is 0.672. The van der Waals surface area contributed by atoms with Gasteiger partial charge in [0.1, 0.15) is 0 Å². The average Bonchev–Trinajstić information content (AvgIpc) is 2.09. The number of carbonyl (C=O) groups is 2. The third kappa shape index (κ3) is 9.25. The molecule has 0 saturated carbocycles. The Morgan fingerprint density at radius 3 is 1.87 bits per heavy atom. The lowest BCUT2D eigenvalue weighted by molar-refractivity contribution is -0.123. The molecule has 0 heterocycles. The number of rotatable bonds is 5. The summed E-state index contributed by atoms with van der Waals surface area (Å²) >= 11 is 0. The van der Waals surface area contributed by atoms with Crippen LogP contribution in [0.5, 0.6) is 0 Å². The molecule has 0 unspecified atom stereocenters. The second-order valence-electron chi connectivity index (χ2n) is 4.79. The van der Waals surface area contributed by atoms with E-state index in [1.54, 1.807) is 6.92 Å². The van der Waals surface area contributed by atoms with Crippen LogP contribution in [-0.4, -0.2) is 24.9 Å².